The van der Waals surface area contributed by atoms with Crippen LogP contribution in [0.1, 0.15) is 0 Å². The SMILES string of the molecule is N#P(S)N=NN=N. The van der Waals surface area contributed by atoms with Crippen LogP contribution >= 0.6 is 19.2 Å². The molecule has 38 valence electrons. The number of nitrogens with zero attached hydrogens (tertiary/aromatic N) is 4. The highest BCUT2D eigenvalue weighted by Crippen LogP contribution is 2.23. The van der Waals surface area contributed by atoms with E-state index in [9.17, 15) is 0 Å². The Bertz CT molecular complexity index is 138. The van der Waals surface area contributed by atoms with Gasteiger partial charge in [-0.15, -0.1) is 0 Å². The lowest BCUT2D eigenvalue weighted by molar-refractivity contribution is 0.930. The fraction of sp³-hybridized carbons (Fsp3) is 0. The first-order chi connectivity index (χ1) is 3.27. The molecule has 1 unspecified atom stereocenters. The first-order valence-corrected chi connectivity index (χ1v) is 3.62. The van der Waals surface area contributed by atoms with Gasteiger partial charge in [0.25, 0.3) is 0 Å². The molecule has 1 N–H and O–H groups in total. The van der Waals surface area contributed by atoms with Gasteiger partial charge in [0.2, 0.25) is 6.91 Å². The fourth-order valence-corrected chi connectivity index (χ4v) is 0.275. The second-order valence-electron chi connectivity index (χ2n) is 0.547. The summed E-state index contributed by atoms with van der Waals surface area (Å²) in [6, 6.07) is 0. The Balaban J connectivity index is 3.54. The van der Waals surface area contributed by atoms with Crippen molar-refractivity contribution in [1.82, 2.24) is 0 Å². The van der Waals surface area contributed by atoms with Gasteiger partial charge in [-0.1, -0.05) is 17.1 Å². The van der Waals surface area contributed by atoms with Crippen LogP contribution in [0.5, 0.6) is 0 Å². The van der Waals surface area contributed by atoms with Crippen molar-refractivity contribution in [2.45, 2.75) is 0 Å². The highest BCUT2D eigenvalue weighted by atomic mass is 32.7. The standard InChI is InChI=1S/H2N5PS/c1-3-4-5-6(2)7/h1,7H. The van der Waals surface area contributed by atoms with Gasteiger partial charge in [0.1, 0.15) is 0 Å². The van der Waals surface area contributed by atoms with E-state index < -0.39 is 6.91 Å². The van der Waals surface area contributed by atoms with Crippen LogP contribution in [0.3, 0.4) is 0 Å². The number of thiol groups is 1. The van der Waals surface area contributed by atoms with Crippen LogP contribution in [-0.2, 0) is 0 Å². The summed E-state index contributed by atoms with van der Waals surface area (Å²) in [5, 5.41) is 13.5. The van der Waals surface area contributed by atoms with Gasteiger partial charge in [-0.05, 0) is 10.4 Å². The van der Waals surface area contributed by atoms with Gasteiger partial charge in [0.05, 0.1) is 0 Å². The van der Waals surface area contributed by atoms with Crippen LogP contribution in [0.4, 0.5) is 0 Å². The molecule has 0 aromatic carbocycles. The molecule has 0 aliphatic carbocycles. The molecule has 0 fully saturated rings. The molecule has 0 radical (unpaired) electrons. The topological polar surface area (TPSA) is 84.7 Å². The second-order valence-corrected chi connectivity index (χ2v) is 2.34. The van der Waals surface area contributed by atoms with Gasteiger partial charge in [-0.25, -0.2) is 5.00 Å². The predicted octanol–water partition coefficient (Wildman–Crippen LogP) is 2.11. The molecule has 7 heavy (non-hydrogen) atoms. The average Bonchev–Trinajstić information content (AvgIpc) is 1.61. The fourth-order valence-electron chi connectivity index (χ4n) is 0.0558. The van der Waals surface area contributed by atoms with Gasteiger partial charge in [0.15, 0.2) is 0 Å². The van der Waals surface area contributed by atoms with E-state index >= 15 is 0 Å². The number of hydrogen-bond donors (Lipinski definition) is 2. The number of nitrogens with one attached hydrogen (secondary N) is 1. The zero-order chi connectivity index (χ0) is 5.70. The minimum atomic E-state index is -1.67. The molecule has 0 aliphatic rings. The molecule has 0 amide bonds. The van der Waals surface area contributed by atoms with Crippen LogP contribution in [0.2, 0.25) is 0 Å². The van der Waals surface area contributed by atoms with Crippen molar-refractivity contribution in [3.63, 3.8) is 0 Å². The molecule has 5 nitrogen and oxygen atoms in total. The molecular weight excluding hydrogens is 133 g/mol. The van der Waals surface area contributed by atoms with Gasteiger partial charge in [-0.2, -0.15) is 5.53 Å². The van der Waals surface area contributed by atoms with E-state index in [0.717, 1.165) is 0 Å². The van der Waals surface area contributed by atoms with Crippen LogP contribution in [-0.4, -0.2) is 0 Å². The maximum Gasteiger partial charge on any atom is 0.246 e. The minimum absolute atomic E-state index is 1.67. The molecule has 0 saturated heterocycles. The molecule has 0 bridgehead atoms. The maximum absolute atomic E-state index is 8.21. The van der Waals surface area contributed by atoms with Gasteiger partial charge in [0, 0.05) is 0 Å². The van der Waals surface area contributed by atoms with Crippen LogP contribution in [0, 0.1) is 10.5 Å². The van der Waals surface area contributed by atoms with Crippen LogP contribution in [0.15, 0.2) is 15.3 Å². The quantitative estimate of drug-likeness (QED) is 0.245. The van der Waals surface area contributed by atoms with E-state index in [1.54, 1.807) is 0 Å². The second kappa shape index (κ2) is 3.74. The highest BCUT2D eigenvalue weighted by molar-refractivity contribution is 8.39. The van der Waals surface area contributed by atoms with Crippen molar-refractivity contribution in [3.05, 3.63) is 0 Å². The summed E-state index contributed by atoms with van der Waals surface area (Å²) in [5.74, 6) is 0. The largest absolute Gasteiger partial charge is 0.246 e. The first kappa shape index (κ1) is 6.56. The van der Waals surface area contributed by atoms with Crippen molar-refractivity contribution in [1.29, 1.82) is 10.5 Å². The molecule has 0 rings (SSSR count). The summed E-state index contributed by atoms with van der Waals surface area (Å²) < 4.78 is 0. The maximum atomic E-state index is 8.21. The first-order valence-electron chi connectivity index (χ1n) is 1.22. The molecule has 0 aromatic rings. The summed E-state index contributed by atoms with van der Waals surface area (Å²) in [4.78, 5) is 3.00. The Labute approximate surface area is 45.9 Å². The molecule has 0 heterocycles. The third kappa shape index (κ3) is 5.56. The van der Waals surface area contributed by atoms with E-state index in [4.69, 9.17) is 10.5 Å². The molecule has 1 atom stereocenters. The number of rotatable bonds is 1. The Hall–Kier alpha value is -0.440. The third-order valence-corrected chi connectivity index (χ3v) is 0.645. The van der Waals surface area contributed by atoms with Gasteiger partial charge < -0.3 is 0 Å². The summed E-state index contributed by atoms with van der Waals surface area (Å²) in [6.45, 7) is -1.67. The van der Waals surface area contributed by atoms with E-state index in [0.29, 0.717) is 0 Å². The Morgan fingerprint density at radius 2 is 2.29 bits per heavy atom. The normalized spacial score (nSPS) is 11.7. The molecule has 0 aliphatic heterocycles. The number of hydrogen-bond acceptors (Lipinski definition) is 4. The van der Waals surface area contributed by atoms with Gasteiger partial charge in [-0.3, -0.25) is 0 Å². The van der Waals surface area contributed by atoms with E-state index in [1.807, 2.05) is 0 Å². The van der Waals surface area contributed by atoms with Gasteiger partial charge >= 0.3 is 0 Å². The van der Waals surface area contributed by atoms with Crippen molar-refractivity contribution in [3.8, 4) is 0 Å². The van der Waals surface area contributed by atoms with Crippen LogP contribution < -0.4 is 0 Å². The van der Waals surface area contributed by atoms with Crippen molar-refractivity contribution < 1.29 is 0 Å². The zero-order valence-corrected chi connectivity index (χ0v) is 4.97. The molecule has 0 spiro atoms. The monoisotopic (exact) mass is 135 g/mol. The predicted molar refractivity (Wildman–Crippen MR) is 27.6 cm³/mol. The molecule has 7 heteroatoms. The smallest absolute Gasteiger partial charge is 0.205 e. The van der Waals surface area contributed by atoms with E-state index in [2.05, 4.69) is 27.6 Å². The summed E-state index contributed by atoms with van der Waals surface area (Å²) in [5.41, 5.74) is 6.03. The molecular formula is H2N5PS. The minimum Gasteiger partial charge on any atom is -0.205 e. The van der Waals surface area contributed by atoms with E-state index in [-0.39, 0.29) is 0 Å². The lowest BCUT2D eigenvalue weighted by atomic mass is 12.6. The molecule has 0 saturated carbocycles. The Morgan fingerprint density at radius 1 is 1.71 bits per heavy atom. The van der Waals surface area contributed by atoms with Crippen LogP contribution in [0.25, 0.3) is 0 Å². The Morgan fingerprint density at radius 3 is 2.43 bits per heavy atom. The van der Waals surface area contributed by atoms with Crippen molar-refractivity contribution in [2.75, 3.05) is 0 Å². The third-order valence-electron chi connectivity index (χ3n) is 0.165. The highest BCUT2D eigenvalue weighted by Gasteiger charge is 1.73. The molecule has 0 aromatic heterocycles. The summed E-state index contributed by atoms with van der Waals surface area (Å²) in [7, 11) is 0. The zero-order valence-electron chi connectivity index (χ0n) is 3.18. The van der Waals surface area contributed by atoms with Crippen molar-refractivity contribution in [2.24, 2.45) is 15.3 Å². The van der Waals surface area contributed by atoms with E-state index in [1.165, 1.54) is 0 Å². The Kier molecular flexibility index (Phi) is 3.50. The lowest BCUT2D eigenvalue weighted by Gasteiger charge is -1.64. The summed E-state index contributed by atoms with van der Waals surface area (Å²) >= 11 is 3.45. The van der Waals surface area contributed by atoms with Crippen molar-refractivity contribution >= 4 is 19.2 Å². The lowest BCUT2D eigenvalue weighted by Crippen LogP contribution is -1.32. The average molecular weight is 135 g/mol. The summed E-state index contributed by atoms with van der Waals surface area (Å²) in [6.07, 6.45) is 0.